The van der Waals surface area contributed by atoms with E-state index >= 15 is 0 Å². The van der Waals surface area contributed by atoms with E-state index in [1.54, 1.807) is 19.1 Å². The summed E-state index contributed by atoms with van der Waals surface area (Å²) in [5.41, 5.74) is 6.05. The van der Waals surface area contributed by atoms with E-state index in [1.807, 2.05) is 0 Å². The smallest absolute Gasteiger partial charge is 0.134 e. The summed E-state index contributed by atoms with van der Waals surface area (Å²) in [6.45, 7) is 1.72. The molecular weight excluding hydrogens is 179 g/mol. The summed E-state index contributed by atoms with van der Waals surface area (Å²) in [4.78, 5) is 0. The molecule has 1 aromatic rings. The summed E-state index contributed by atoms with van der Waals surface area (Å²) in [6, 6.07) is 4.61. The second-order valence-corrected chi connectivity index (χ2v) is 2.35. The fourth-order valence-electron chi connectivity index (χ4n) is 0.973. The third kappa shape index (κ3) is 1.95. The van der Waals surface area contributed by atoms with Crippen molar-refractivity contribution >= 4 is 18.2 Å². The molecular formula is C8H10ClFN2. The molecule has 4 heteroatoms. The number of nitrogen functional groups attached to an aromatic ring is 1. The van der Waals surface area contributed by atoms with Crippen LogP contribution in [0, 0.1) is 18.2 Å². The minimum absolute atomic E-state index is 0. The maximum atomic E-state index is 12.9. The molecule has 1 aromatic carbocycles. The molecule has 12 heavy (non-hydrogen) atoms. The first-order valence-electron chi connectivity index (χ1n) is 3.22. The maximum absolute atomic E-state index is 12.9. The molecule has 0 amide bonds. The van der Waals surface area contributed by atoms with Crippen molar-refractivity contribution in [2.24, 2.45) is 5.73 Å². The molecule has 1 rings (SSSR count). The van der Waals surface area contributed by atoms with Gasteiger partial charge < -0.3 is 5.73 Å². The van der Waals surface area contributed by atoms with Gasteiger partial charge >= 0.3 is 0 Å². The Kier molecular flexibility index (Phi) is 3.70. The summed E-state index contributed by atoms with van der Waals surface area (Å²) >= 11 is 0. The first-order valence-corrected chi connectivity index (χ1v) is 3.22. The minimum atomic E-state index is -0.433. The first-order chi connectivity index (χ1) is 5.13. The van der Waals surface area contributed by atoms with E-state index < -0.39 is 5.82 Å². The molecule has 0 unspecified atom stereocenters. The van der Waals surface area contributed by atoms with Crippen molar-refractivity contribution in [3.8, 4) is 0 Å². The largest absolute Gasteiger partial charge is 0.384 e. The Labute approximate surface area is 76.5 Å². The summed E-state index contributed by atoms with van der Waals surface area (Å²) < 4.78 is 12.9. The predicted molar refractivity (Wildman–Crippen MR) is 49.4 cm³/mol. The molecule has 0 saturated heterocycles. The van der Waals surface area contributed by atoms with Gasteiger partial charge in [0.05, 0.1) is 5.56 Å². The van der Waals surface area contributed by atoms with Crippen LogP contribution in [0.2, 0.25) is 0 Å². The van der Waals surface area contributed by atoms with Crippen molar-refractivity contribution in [1.82, 2.24) is 0 Å². The van der Waals surface area contributed by atoms with Crippen molar-refractivity contribution < 1.29 is 4.39 Å². The zero-order valence-electron chi connectivity index (χ0n) is 6.60. The molecule has 0 fully saturated rings. The van der Waals surface area contributed by atoms with Crippen molar-refractivity contribution in [2.45, 2.75) is 6.92 Å². The number of hydrogen-bond acceptors (Lipinski definition) is 1. The Morgan fingerprint density at radius 1 is 1.50 bits per heavy atom. The van der Waals surface area contributed by atoms with E-state index in [0.717, 1.165) is 0 Å². The van der Waals surface area contributed by atoms with Gasteiger partial charge in [-0.15, -0.1) is 12.4 Å². The van der Waals surface area contributed by atoms with Crippen LogP contribution >= 0.6 is 12.4 Å². The number of nitrogens with one attached hydrogen (secondary N) is 1. The lowest BCUT2D eigenvalue weighted by molar-refractivity contribution is 0.623. The van der Waals surface area contributed by atoms with E-state index in [4.69, 9.17) is 11.1 Å². The van der Waals surface area contributed by atoms with Gasteiger partial charge in [-0.05, 0) is 18.6 Å². The van der Waals surface area contributed by atoms with Gasteiger partial charge in [0.15, 0.2) is 0 Å². The number of rotatable bonds is 1. The highest BCUT2D eigenvalue weighted by molar-refractivity contribution is 5.96. The Bertz CT molecular complexity index is 279. The van der Waals surface area contributed by atoms with Crippen molar-refractivity contribution in [1.29, 1.82) is 5.41 Å². The second kappa shape index (κ2) is 4.07. The van der Waals surface area contributed by atoms with Crippen LogP contribution in [0.5, 0.6) is 0 Å². The minimum Gasteiger partial charge on any atom is -0.384 e. The predicted octanol–water partition coefficient (Wildman–Crippen LogP) is 1.84. The van der Waals surface area contributed by atoms with Gasteiger partial charge in [-0.3, -0.25) is 5.41 Å². The fraction of sp³-hybridized carbons (Fsp3) is 0.125. The fourth-order valence-corrected chi connectivity index (χ4v) is 0.973. The van der Waals surface area contributed by atoms with Crippen molar-refractivity contribution in [3.05, 3.63) is 35.1 Å². The van der Waals surface area contributed by atoms with Crippen LogP contribution in [0.3, 0.4) is 0 Å². The average molecular weight is 189 g/mol. The monoisotopic (exact) mass is 188 g/mol. The van der Waals surface area contributed by atoms with Crippen LogP contribution in [0.4, 0.5) is 4.39 Å². The molecule has 0 spiro atoms. The average Bonchev–Trinajstić information content (AvgIpc) is 1.85. The van der Waals surface area contributed by atoms with E-state index in [1.165, 1.54) is 6.07 Å². The molecule has 0 aliphatic heterocycles. The van der Waals surface area contributed by atoms with E-state index in [2.05, 4.69) is 0 Å². The molecule has 66 valence electrons. The Hall–Kier alpha value is -1.09. The van der Waals surface area contributed by atoms with Gasteiger partial charge in [-0.1, -0.05) is 12.1 Å². The van der Waals surface area contributed by atoms with E-state index in [0.29, 0.717) is 5.56 Å². The zero-order valence-corrected chi connectivity index (χ0v) is 7.41. The van der Waals surface area contributed by atoms with E-state index in [9.17, 15) is 4.39 Å². The zero-order chi connectivity index (χ0) is 8.43. The first kappa shape index (κ1) is 10.9. The topological polar surface area (TPSA) is 49.9 Å². The summed E-state index contributed by atoms with van der Waals surface area (Å²) in [5.74, 6) is -0.655. The van der Waals surface area contributed by atoms with Gasteiger partial charge in [-0.2, -0.15) is 0 Å². The maximum Gasteiger partial charge on any atom is 0.134 e. The third-order valence-electron chi connectivity index (χ3n) is 1.49. The second-order valence-electron chi connectivity index (χ2n) is 2.35. The molecule has 0 radical (unpaired) electrons. The van der Waals surface area contributed by atoms with Gasteiger partial charge in [0.25, 0.3) is 0 Å². The van der Waals surface area contributed by atoms with Crippen LogP contribution in [-0.4, -0.2) is 5.84 Å². The van der Waals surface area contributed by atoms with Crippen LogP contribution in [-0.2, 0) is 0 Å². The summed E-state index contributed by atoms with van der Waals surface area (Å²) in [5, 5.41) is 7.05. The lowest BCUT2D eigenvalue weighted by atomic mass is 10.1. The Balaban J connectivity index is 0.00000121. The Morgan fingerprint density at radius 2 is 2.08 bits per heavy atom. The van der Waals surface area contributed by atoms with E-state index in [-0.39, 0.29) is 23.8 Å². The Morgan fingerprint density at radius 3 is 2.42 bits per heavy atom. The quantitative estimate of drug-likeness (QED) is 0.513. The summed E-state index contributed by atoms with van der Waals surface area (Å²) in [6.07, 6.45) is 0. The molecule has 0 aliphatic carbocycles. The molecule has 2 nitrogen and oxygen atoms in total. The molecule has 0 heterocycles. The normalized spacial score (nSPS) is 8.83. The highest BCUT2D eigenvalue weighted by Crippen LogP contribution is 2.10. The number of amidine groups is 1. The van der Waals surface area contributed by atoms with Gasteiger partial charge in [-0.25, -0.2) is 4.39 Å². The lowest BCUT2D eigenvalue weighted by Gasteiger charge is -2.03. The number of benzene rings is 1. The standard InChI is InChI=1S/C8H9FN2.ClH/c1-5-3-2-4-6(9)7(5)8(10)11;/h2-4H,1H3,(H3,10,11);1H. The van der Waals surface area contributed by atoms with Crippen LogP contribution in [0.15, 0.2) is 18.2 Å². The molecule has 0 atom stereocenters. The molecule has 3 N–H and O–H groups in total. The highest BCUT2D eigenvalue weighted by atomic mass is 35.5. The van der Waals surface area contributed by atoms with Gasteiger partial charge in [0, 0.05) is 0 Å². The number of halogens is 2. The molecule has 0 aliphatic rings. The number of aryl methyl sites for hydroxylation is 1. The van der Waals surface area contributed by atoms with Crippen molar-refractivity contribution in [3.63, 3.8) is 0 Å². The van der Waals surface area contributed by atoms with Crippen molar-refractivity contribution in [2.75, 3.05) is 0 Å². The molecule has 0 saturated carbocycles. The van der Waals surface area contributed by atoms with Gasteiger partial charge in [0.1, 0.15) is 11.7 Å². The third-order valence-corrected chi connectivity index (χ3v) is 1.49. The van der Waals surface area contributed by atoms with Crippen LogP contribution < -0.4 is 5.73 Å². The number of nitrogens with two attached hydrogens (primary N) is 1. The van der Waals surface area contributed by atoms with Gasteiger partial charge in [0.2, 0.25) is 0 Å². The highest BCUT2D eigenvalue weighted by Gasteiger charge is 2.06. The summed E-state index contributed by atoms with van der Waals surface area (Å²) in [7, 11) is 0. The van der Waals surface area contributed by atoms with Crippen LogP contribution in [0.25, 0.3) is 0 Å². The van der Waals surface area contributed by atoms with Crippen LogP contribution in [0.1, 0.15) is 11.1 Å². The number of hydrogen-bond donors (Lipinski definition) is 2. The SMILES string of the molecule is Cc1cccc(F)c1C(=N)N.Cl. The molecule has 0 bridgehead atoms. The molecule has 0 aromatic heterocycles. The lowest BCUT2D eigenvalue weighted by Crippen LogP contribution is -2.14.